The molecule has 30 heavy (non-hydrogen) atoms. The number of guanidine groups is 1. The van der Waals surface area contributed by atoms with Gasteiger partial charge in [0.05, 0.1) is 14.2 Å². The number of hydrogen-bond acceptors (Lipinski definition) is 4. The van der Waals surface area contributed by atoms with Crippen LogP contribution >= 0.6 is 0 Å². The van der Waals surface area contributed by atoms with Crippen molar-refractivity contribution in [2.45, 2.75) is 32.5 Å². The van der Waals surface area contributed by atoms with E-state index in [1.165, 1.54) is 0 Å². The van der Waals surface area contributed by atoms with Crippen LogP contribution in [0.1, 0.15) is 29.5 Å². The van der Waals surface area contributed by atoms with Crippen LogP contribution in [0.25, 0.3) is 0 Å². The van der Waals surface area contributed by atoms with Gasteiger partial charge in [0.1, 0.15) is 0 Å². The van der Waals surface area contributed by atoms with E-state index in [4.69, 9.17) is 9.47 Å². The third kappa shape index (κ3) is 5.65. The highest BCUT2D eigenvalue weighted by molar-refractivity contribution is 5.79. The minimum absolute atomic E-state index is 0.248. The fourth-order valence-electron chi connectivity index (χ4n) is 3.51. The third-order valence-electron chi connectivity index (χ3n) is 5.13. The highest BCUT2D eigenvalue weighted by Gasteiger charge is 2.19. The molecule has 160 valence electrons. The fraction of sp³-hybridized carbons (Fsp3) is 0.391. The molecule has 0 aliphatic carbocycles. The van der Waals surface area contributed by atoms with E-state index in [9.17, 15) is 4.79 Å². The molecule has 3 rings (SSSR count). The number of amides is 1. The Morgan fingerprint density at radius 3 is 2.33 bits per heavy atom. The van der Waals surface area contributed by atoms with Crippen molar-refractivity contribution in [3.63, 3.8) is 0 Å². The van der Waals surface area contributed by atoms with Gasteiger partial charge in [-0.1, -0.05) is 30.3 Å². The Balaban J connectivity index is 1.53. The number of nitrogens with zero attached hydrogens (tertiary/aromatic N) is 2. The molecule has 1 saturated heterocycles. The highest BCUT2D eigenvalue weighted by atomic mass is 16.5. The first-order chi connectivity index (χ1) is 14.6. The molecule has 0 unspecified atom stereocenters. The zero-order valence-electron chi connectivity index (χ0n) is 17.9. The molecule has 0 spiro atoms. The number of nitrogens with one attached hydrogen (secondary N) is 2. The van der Waals surface area contributed by atoms with E-state index in [1.807, 2.05) is 29.2 Å². The lowest BCUT2D eigenvalue weighted by Gasteiger charge is -2.17. The van der Waals surface area contributed by atoms with Gasteiger partial charge in [0.25, 0.3) is 0 Å². The lowest BCUT2D eigenvalue weighted by Crippen LogP contribution is -2.36. The number of methoxy groups -OCH3 is 2. The van der Waals surface area contributed by atoms with E-state index in [1.54, 1.807) is 21.3 Å². The second kappa shape index (κ2) is 10.5. The molecule has 0 saturated carbocycles. The molecule has 0 aromatic heterocycles. The second-order valence-electron chi connectivity index (χ2n) is 7.21. The van der Waals surface area contributed by atoms with Gasteiger partial charge in [-0.3, -0.25) is 9.79 Å². The van der Waals surface area contributed by atoms with Crippen molar-refractivity contribution in [3.8, 4) is 11.5 Å². The first kappa shape index (κ1) is 21.5. The number of carbonyl (C=O) groups excluding carboxylic acids is 1. The number of ether oxygens (including phenoxy) is 2. The van der Waals surface area contributed by atoms with Crippen LogP contribution in [0.15, 0.2) is 47.5 Å². The molecular formula is C23H30N4O3. The van der Waals surface area contributed by atoms with E-state index in [0.29, 0.717) is 43.5 Å². The van der Waals surface area contributed by atoms with Gasteiger partial charge < -0.3 is 25.0 Å². The molecular weight excluding hydrogens is 380 g/mol. The number of carbonyl (C=O) groups is 1. The molecule has 7 heteroatoms. The Labute approximate surface area is 178 Å². The van der Waals surface area contributed by atoms with E-state index < -0.39 is 0 Å². The number of rotatable bonds is 8. The first-order valence-corrected chi connectivity index (χ1v) is 10.1. The summed E-state index contributed by atoms with van der Waals surface area (Å²) in [6.07, 6.45) is 1.63. The van der Waals surface area contributed by atoms with Crippen LogP contribution in [0.5, 0.6) is 11.5 Å². The average Bonchev–Trinajstić information content (AvgIpc) is 3.18. The van der Waals surface area contributed by atoms with Crippen molar-refractivity contribution in [2.75, 3.05) is 27.8 Å². The Bertz CT molecular complexity index is 898. The Morgan fingerprint density at radius 2 is 1.70 bits per heavy atom. The van der Waals surface area contributed by atoms with Gasteiger partial charge in [0.15, 0.2) is 17.5 Å². The minimum Gasteiger partial charge on any atom is -0.493 e. The first-order valence-electron chi connectivity index (χ1n) is 10.1. The van der Waals surface area contributed by atoms with Gasteiger partial charge in [-0.2, -0.15) is 0 Å². The van der Waals surface area contributed by atoms with Crippen LogP contribution in [0, 0.1) is 0 Å². The van der Waals surface area contributed by atoms with Crippen molar-refractivity contribution in [2.24, 2.45) is 4.99 Å². The quantitative estimate of drug-likeness (QED) is 0.517. The maximum Gasteiger partial charge on any atom is 0.222 e. The molecule has 2 N–H and O–H groups in total. The standard InChI is InChI=1S/C23H30N4O3/c1-24-23(26-15-18-9-10-20(29-2)21(13-18)30-3)25-14-17-6-4-7-19(12-17)16-27-11-5-8-22(27)28/h4,6-7,9-10,12-13H,5,8,11,14-16H2,1-3H3,(H2,24,25,26). The molecule has 1 aliphatic heterocycles. The number of benzene rings is 2. The highest BCUT2D eigenvalue weighted by Crippen LogP contribution is 2.27. The Hall–Kier alpha value is -3.22. The molecule has 1 aliphatic rings. The number of hydrogen-bond donors (Lipinski definition) is 2. The number of aliphatic imine (C=N–C) groups is 1. The largest absolute Gasteiger partial charge is 0.493 e. The SMILES string of the molecule is CN=C(NCc1cccc(CN2CCCC2=O)c1)NCc1ccc(OC)c(OC)c1. The monoisotopic (exact) mass is 410 g/mol. The van der Waals surface area contributed by atoms with Crippen LogP contribution in [0.4, 0.5) is 0 Å². The molecule has 2 aromatic rings. The smallest absolute Gasteiger partial charge is 0.222 e. The van der Waals surface area contributed by atoms with Crippen LogP contribution in [-0.2, 0) is 24.4 Å². The average molecular weight is 411 g/mol. The van der Waals surface area contributed by atoms with Crippen molar-refractivity contribution in [3.05, 3.63) is 59.2 Å². The molecule has 0 radical (unpaired) electrons. The van der Waals surface area contributed by atoms with E-state index >= 15 is 0 Å². The van der Waals surface area contributed by atoms with Crippen molar-refractivity contribution >= 4 is 11.9 Å². The molecule has 1 heterocycles. The Kier molecular flexibility index (Phi) is 7.54. The lowest BCUT2D eigenvalue weighted by atomic mass is 10.1. The summed E-state index contributed by atoms with van der Waals surface area (Å²) in [4.78, 5) is 18.1. The summed E-state index contributed by atoms with van der Waals surface area (Å²) in [5.74, 6) is 2.37. The predicted octanol–water partition coefficient (Wildman–Crippen LogP) is 2.69. The molecule has 2 aromatic carbocycles. The third-order valence-corrected chi connectivity index (χ3v) is 5.13. The molecule has 1 amide bonds. The topological polar surface area (TPSA) is 75.2 Å². The van der Waals surface area contributed by atoms with Crippen LogP contribution in [-0.4, -0.2) is 44.6 Å². The fourth-order valence-corrected chi connectivity index (χ4v) is 3.51. The van der Waals surface area contributed by atoms with Crippen LogP contribution in [0.2, 0.25) is 0 Å². The van der Waals surface area contributed by atoms with Gasteiger partial charge in [-0.05, 0) is 35.2 Å². The second-order valence-corrected chi connectivity index (χ2v) is 7.21. The summed E-state index contributed by atoms with van der Waals surface area (Å²) in [6.45, 7) is 2.79. The summed E-state index contributed by atoms with van der Waals surface area (Å²) >= 11 is 0. The van der Waals surface area contributed by atoms with Crippen LogP contribution < -0.4 is 20.1 Å². The molecule has 1 fully saturated rings. The van der Waals surface area contributed by atoms with Crippen molar-refractivity contribution in [1.82, 2.24) is 15.5 Å². The van der Waals surface area contributed by atoms with E-state index in [0.717, 1.165) is 29.7 Å². The van der Waals surface area contributed by atoms with Crippen LogP contribution in [0.3, 0.4) is 0 Å². The number of likely N-dealkylation sites (tertiary alicyclic amines) is 1. The van der Waals surface area contributed by atoms with Gasteiger partial charge >= 0.3 is 0 Å². The zero-order valence-corrected chi connectivity index (χ0v) is 17.9. The predicted molar refractivity (Wildman–Crippen MR) is 118 cm³/mol. The maximum atomic E-state index is 11.9. The zero-order chi connectivity index (χ0) is 21.3. The van der Waals surface area contributed by atoms with Gasteiger partial charge in [-0.25, -0.2) is 0 Å². The Morgan fingerprint density at radius 1 is 1.00 bits per heavy atom. The summed E-state index contributed by atoms with van der Waals surface area (Å²) in [5.41, 5.74) is 3.36. The van der Waals surface area contributed by atoms with Gasteiger partial charge in [0.2, 0.25) is 5.91 Å². The molecule has 0 atom stereocenters. The van der Waals surface area contributed by atoms with E-state index in [2.05, 4.69) is 33.8 Å². The summed E-state index contributed by atoms with van der Waals surface area (Å²) in [5, 5.41) is 6.65. The molecule has 0 bridgehead atoms. The minimum atomic E-state index is 0.248. The summed E-state index contributed by atoms with van der Waals surface area (Å²) in [6, 6.07) is 14.1. The normalized spacial score (nSPS) is 14.0. The summed E-state index contributed by atoms with van der Waals surface area (Å²) < 4.78 is 10.6. The summed E-state index contributed by atoms with van der Waals surface area (Å²) in [7, 11) is 5.00. The molecule has 7 nitrogen and oxygen atoms in total. The van der Waals surface area contributed by atoms with Gasteiger partial charge in [0, 0.05) is 39.6 Å². The van der Waals surface area contributed by atoms with Gasteiger partial charge in [-0.15, -0.1) is 0 Å². The van der Waals surface area contributed by atoms with E-state index in [-0.39, 0.29) is 5.91 Å². The van der Waals surface area contributed by atoms with Crippen molar-refractivity contribution in [1.29, 1.82) is 0 Å². The van der Waals surface area contributed by atoms with Crippen molar-refractivity contribution < 1.29 is 14.3 Å². The maximum absolute atomic E-state index is 11.9. The lowest BCUT2D eigenvalue weighted by molar-refractivity contribution is -0.128.